The molecule has 2 rings (SSSR count). The molecule has 4 heteroatoms. The summed E-state index contributed by atoms with van der Waals surface area (Å²) < 4.78 is 6.50. The molecule has 0 saturated carbocycles. The van der Waals surface area contributed by atoms with Crippen molar-refractivity contribution < 1.29 is 9.53 Å². The van der Waals surface area contributed by atoms with Crippen molar-refractivity contribution in [2.24, 2.45) is 0 Å². The maximum Gasteiger partial charge on any atom is 0.143 e. The maximum atomic E-state index is 12.6. The number of carbonyl (C=O) groups excluding carboxylic acids is 1. The lowest BCUT2D eigenvalue weighted by molar-refractivity contribution is -0.125. The molecule has 116 valence electrons. The molecular weight excluding hydrogens is 396 g/mol. The molecule has 0 fully saturated rings. The highest BCUT2D eigenvalue weighted by atomic mass is 79.9. The summed E-state index contributed by atoms with van der Waals surface area (Å²) in [5, 5.41) is 1.04. The monoisotopic (exact) mass is 416 g/mol. The van der Waals surface area contributed by atoms with E-state index in [0.717, 1.165) is 46.8 Å². The Bertz CT molecular complexity index is 528. The topological polar surface area (TPSA) is 26.3 Å². The molecule has 0 heterocycles. The van der Waals surface area contributed by atoms with E-state index < -0.39 is 0 Å². The number of halogens is 2. The van der Waals surface area contributed by atoms with Crippen molar-refractivity contribution in [3.63, 3.8) is 0 Å². The van der Waals surface area contributed by atoms with E-state index >= 15 is 0 Å². The Morgan fingerprint density at radius 1 is 1.24 bits per heavy atom. The number of ketones is 1. The van der Waals surface area contributed by atoms with Gasteiger partial charge < -0.3 is 4.74 Å². The molecule has 2 nitrogen and oxygen atoms in total. The number of benzene rings is 1. The van der Waals surface area contributed by atoms with Crippen LogP contribution in [0.3, 0.4) is 0 Å². The number of rotatable bonds is 6. The number of Topliss-reactive ketones (excluding diaryl/α,β-unsaturated/α-hetero) is 1. The number of ether oxygens (including phenoxy) is 1. The molecule has 1 aromatic carbocycles. The van der Waals surface area contributed by atoms with Crippen LogP contribution >= 0.6 is 31.9 Å². The Balaban J connectivity index is 2.34. The van der Waals surface area contributed by atoms with Gasteiger partial charge in [0.05, 0.1) is 12.5 Å². The smallest absolute Gasteiger partial charge is 0.143 e. The van der Waals surface area contributed by atoms with Crippen LogP contribution in [-0.2, 0) is 16.6 Å². The minimum absolute atomic E-state index is 0.364. The Morgan fingerprint density at radius 2 is 2.00 bits per heavy atom. The van der Waals surface area contributed by atoms with Gasteiger partial charge in [-0.3, -0.25) is 4.79 Å². The minimum atomic E-state index is -0.364. The highest BCUT2D eigenvalue weighted by Crippen LogP contribution is 2.43. The molecule has 0 saturated heterocycles. The number of carbonyl (C=O) groups is 1. The van der Waals surface area contributed by atoms with Crippen molar-refractivity contribution in [1.82, 2.24) is 0 Å². The highest BCUT2D eigenvalue weighted by molar-refractivity contribution is 9.10. The van der Waals surface area contributed by atoms with Crippen LogP contribution in [0.1, 0.15) is 50.2 Å². The lowest BCUT2D eigenvalue weighted by atomic mass is 9.67. The predicted molar refractivity (Wildman–Crippen MR) is 93.6 cm³/mol. The molecule has 21 heavy (non-hydrogen) atoms. The van der Waals surface area contributed by atoms with Gasteiger partial charge in [-0.15, -0.1) is 0 Å². The number of hydrogen-bond acceptors (Lipinski definition) is 2. The van der Waals surface area contributed by atoms with Crippen LogP contribution in [0.5, 0.6) is 5.75 Å². The van der Waals surface area contributed by atoms with Gasteiger partial charge >= 0.3 is 0 Å². The van der Waals surface area contributed by atoms with Crippen molar-refractivity contribution in [3.8, 4) is 5.75 Å². The van der Waals surface area contributed by atoms with E-state index in [4.69, 9.17) is 4.74 Å². The van der Waals surface area contributed by atoms with E-state index in [9.17, 15) is 4.79 Å². The fraction of sp³-hybridized carbons (Fsp3) is 0.588. The molecule has 0 bridgehead atoms. The van der Waals surface area contributed by atoms with E-state index in [1.807, 2.05) is 6.07 Å². The van der Waals surface area contributed by atoms with Gasteiger partial charge in [-0.05, 0) is 49.4 Å². The van der Waals surface area contributed by atoms with Crippen molar-refractivity contribution in [1.29, 1.82) is 0 Å². The average Bonchev–Trinajstić information content (AvgIpc) is 2.47. The van der Waals surface area contributed by atoms with E-state index in [1.165, 1.54) is 12.0 Å². The third-order valence-electron chi connectivity index (χ3n) is 4.52. The van der Waals surface area contributed by atoms with Gasteiger partial charge in [0.2, 0.25) is 0 Å². The van der Waals surface area contributed by atoms with E-state index in [2.05, 4.69) is 44.8 Å². The number of unbranched alkanes of at least 4 members (excludes halogenated alkanes) is 2. The molecule has 0 radical (unpaired) electrons. The Kier molecular flexibility index (Phi) is 5.89. The van der Waals surface area contributed by atoms with E-state index in [1.54, 1.807) is 7.11 Å². The fourth-order valence-electron chi connectivity index (χ4n) is 3.23. The molecular formula is C17H22Br2O2. The second-order valence-corrected chi connectivity index (χ2v) is 7.60. The summed E-state index contributed by atoms with van der Waals surface area (Å²) in [5.74, 6) is 1.27. The first-order valence-electron chi connectivity index (χ1n) is 7.49. The normalized spacial score (nSPS) is 21.2. The second kappa shape index (κ2) is 7.28. The molecule has 0 amide bonds. The summed E-state index contributed by atoms with van der Waals surface area (Å²) in [6.07, 6.45) is 5.75. The van der Waals surface area contributed by atoms with Crippen LogP contribution < -0.4 is 4.74 Å². The molecule has 1 aliphatic rings. The third-order valence-corrected chi connectivity index (χ3v) is 5.53. The molecule has 1 aliphatic carbocycles. The van der Waals surface area contributed by atoms with Crippen LogP contribution in [0.4, 0.5) is 0 Å². The highest BCUT2D eigenvalue weighted by Gasteiger charge is 2.40. The largest absolute Gasteiger partial charge is 0.496 e. The predicted octanol–water partition coefficient (Wildman–Crippen LogP) is 5.19. The zero-order chi connectivity index (χ0) is 15.5. The first kappa shape index (κ1) is 17.0. The Hall–Kier alpha value is -0.350. The summed E-state index contributed by atoms with van der Waals surface area (Å²) in [6.45, 7) is 2.10. The Labute approximate surface area is 143 Å². The molecule has 0 N–H and O–H groups in total. The number of methoxy groups -OCH3 is 1. The van der Waals surface area contributed by atoms with Crippen molar-refractivity contribution in [2.75, 3.05) is 12.4 Å². The van der Waals surface area contributed by atoms with E-state index in [0.29, 0.717) is 12.2 Å². The lowest BCUT2D eigenvalue weighted by Gasteiger charge is -2.35. The van der Waals surface area contributed by atoms with Crippen molar-refractivity contribution in [3.05, 3.63) is 27.7 Å². The van der Waals surface area contributed by atoms with Crippen LogP contribution in [-0.4, -0.2) is 18.2 Å². The number of alkyl halides is 1. The zero-order valence-electron chi connectivity index (χ0n) is 12.7. The maximum absolute atomic E-state index is 12.6. The Morgan fingerprint density at radius 3 is 2.67 bits per heavy atom. The second-order valence-electron chi connectivity index (χ2n) is 5.89. The van der Waals surface area contributed by atoms with Crippen LogP contribution in [0, 0.1) is 0 Å². The van der Waals surface area contributed by atoms with E-state index in [-0.39, 0.29) is 5.41 Å². The van der Waals surface area contributed by atoms with Gasteiger partial charge in [-0.25, -0.2) is 0 Å². The van der Waals surface area contributed by atoms with Gasteiger partial charge in [0.15, 0.2) is 0 Å². The number of hydrogen-bond donors (Lipinski definition) is 0. The SMILES string of the molecule is COc1cc(Br)cc2c1CCC(=O)C2(C)CCCCCBr. The quantitative estimate of drug-likeness (QED) is 0.470. The molecule has 1 aromatic rings. The summed E-state index contributed by atoms with van der Waals surface area (Å²) in [4.78, 5) is 12.6. The van der Waals surface area contributed by atoms with Crippen molar-refractivity contribution >= 4 is 37.6 Å². The summed E-state index contributed by atoms with van der Waals surface area (Å²) in [7, 11) is 1.70. The summed E-state index contributed by atoms with van der Waals surface area (Å²) >= 11 is 7.01. The average molecular weight is 418 g/mol. The van der Waals surface area contributed by atoms with Gasteiger partial charge in [0, 0.05) is 16.2 Å². The van der Waals surface area contributed by atoms with Crippen molar-refractivity contribution in [2.45, 2.75) is 50.9 Å². The summed E-state index contributed by atoms with van der Waals surface area (Å²) in [5.41, 5.74) is 2.00. The summed E-state index contributed by atoms with van der Waals surface area (Å²) in [6, 6.07) is 4.11. The van der Waals surface area contributed by atoms with Gasteiger partial charge in [0.25, 0.3) is 0 Å². The van der Waals surface area contributed by atoms with Gasteiger partial charge in [0.1, 0.15) is 11.5 Å². The molecule has 1 unspecified atom stereocenters. The minimum Gasteiger partial charge on any atom is -0.496 e. The van der Waals surface area contributed by atoms with Crippen LogP contribution in [0.25, 0.3) is 0 Å². The fourth-order valence-corrected chi connectivity index (χ4v) is 4.07. The molecule has 1 atom stereocenters. The van der Waals surface area contributed by atoms with Gasteiger partial charge in [-0.1, -0.05) is 44.7 Å². The first-order valence-corrected chi connectivity index (χ1v) is 9.40. The van der Waals surface area contributed by atoms with Gasteiger partial charge in [-0.2, -0.15) is 0 Å². The third kappa shape index (κ3) is 3.53. The lowest BCUT2D eigenvalue weighted by Crippen LogP contribution is -2.37. The zero-order valence-corrected chi connectivity index (χ0v) is 15.8. The molecule has 0 aromatic heterocycles. The standard InChI is InChI=1S/C17H22Br2O2/c1-17(8-4-3-5-9-18)14-10-12(19)11-15(21-2)13(14)6-7-16(17)20/h10-11H,3-9H2,1-2H3. The molecule has 0 spiro atoms. The first-order chi connectivity index (χ1) is 10.0. The molecule has 0 aliphatic heterocycles. The van der Waals surface area contributed by atoms with Crippen LogP contribution in [0.2, 0.25) is 0 Å². The number of fused-ring (bicyclic) bond motifs is 1. The van der Waals surface area contributed by atoms with Crippen LogP contribution in [0.15, 0.2) is 16.6 Å².